The summed E-state index contributed by atoms with van der Waals surface area (Å²) >= 11 is 0. The minimum Gasteiger partial charge on any atom is -0.389 e. The lowest BCUT2D eigenvalue weighted by Gasteiger charge is -2.37. The Morgan fingerprint density at radius 2 is 2.12 bits per heavy atom. The number of aromatic nitrogens is 2. The molecule has 2 aliphatic rings. The summed E-state index contributed by atoms with van der Waals surface area (Å²) in [4.78, 5) is 23.1. The highest BCUT2D eigenvalue weighted by Gasteiger charge is 2.35. The van der Waals surface area contributed by atoms with Gasteiger partial charge in [-0.2, -0.15) is 0 Å². The van der Waals surface area contributed by atoms with Crippen LogP contribution >= 0.6 is 0 Å². The van der Waals surface area contributed by atoms with E-state index in [1.54, 1.807) is 24.3 Å². The van der Waals surface area contributed by atoms with Crippen molar-refractivity contribution in [2.75, 3.05) is 32.1 Å². The Balaban J connectivity index is 1.65. The van der Waals surface area contributed by atoms with Crippen LogP contribution in [-0.2, 0) is 9.53 Å². The van der Waals surface area contributed by atoms with Crippen LogP contribution in [0.25, 0.3) is 0 Å². The number of ether oxygens (including phenoxy) is 1. The average Bonchev–Trinajstić information content (AvgIpc) is 2.62. The molecule has 0 bridgehead atoms. The summed E-state index contributed by atoms with van der Waals surface area (Å²) in [5.74, 6) is 0.672. The first-order chi connectivity index (χ1) is 11.6. The normalized spacial score (nSPS) is 23.8. The van der Waals surface area contributed by atoms with Crippen molar-refractivity contribution in [1.29, 1.82) is 0 Å². The molecule has 0 spiro atoms. The molecule has 1 saturated heterocycles. The Morgan fingerprint density at radius 1 is 1.38 bits per heavy atom. The number of anilines is 1. The van der Waals surface area contributed by atoms with Crippen LogP contribution in [0.15, 0.2) is 12.4 Å². The Bertz CT molecular complexity index is 575. The largest absolute Gasteiger partial charge is 0.389 e. The van der Waals surface area contributed by atoms with Crippen LogP contribution in [-0.4, -0.2) is 58.2 Å². The maximum absolute atomic E-state index is 12.7. The highest BCUT2D eigenvalue weighted by atomic mass is 16.5. The molecule has 7 heteroatoms. The van der Waals surface area contributed by atoms with Crippen LogP contribution in [0.4, 0.5) is 5.82 Å². The van der Waals surface area contributed by atoms with Gasteiger partial charge < -0.3 is 20.1 Å². The number of nitrogens with one attached hydrogen (secondary N) is 1. The van der Waals surface area contributed by atoms with Gasteiger partial charge in [-0.1, -0.05) is 19.3 Å². The van der Waals surface area contributed by atoms with E-state index in [2.05, 4.69) is 15.3 Å². The van der Waals surface area contributed by atoms with E-state index in [0.29, 0.717) is 31.2 Å². The fourth-order valence-electron chi connectivity index (χ4n) is 3.60. The van der Waals surface area contributed by atoms with Gasteiger partial charge in [0, 0.05) is 26.0 Å². The molecule has 1 aliphatic heterocycles. The number of hydrogen-bond donors (Lipinski definition) is 2. The smallest absolute Gasteiger partial charge is 0.225 e. The number of carbonyl (C=O) groups is 1. The number of carbonyl (C=O) groups excluding carboxylic acids is 1. The molecular weight excluding hydrogens is 308 g/mol. The Kier molecular flexibility index (Phi) is 5.30. The van der Waals surface area contributed by atoms with Crippen molar-refractivity contribution >= 4 is 11.7 Å². The van der Waals surface area contributed by atoms with Gasteiger partial charge in [0.15, 0.2) is 0 Å². The van der Waals surface area contributed by atoms with E-state index in [-0.39, 0.29) is 18.4 Å². The van der Waals surface area contributed by atoms with Crippen molar-refractivity contribution in [3.8, 4) is 0 Å². The lowest BCUT2D eigenvalue weighted by Crippen LogP contribution is -2.46. The summed E-state index contributed by atoms with van der Waals surface area (Å²) < 4.78 is 5.80. The maximum Gasteiger partial charge on any atom is 0.225 e. The molecule has 132 valence electrons. The van der Waals surface area contributed by atoms with E-state index in [9.17, 15) is 9.90 Å². The lowest BCUT2D eigenvalue weighted by molar-refractivity contribution is -0.145. The van der Waals surface area contributed by atoms with Crippen molar-refractivity contribution in [2.24, 2.45) is 0 Å². The molecule has 0 radical (unpaired) electrons. The van der Waals surface area contributed by atoms with Crippen LogP contribution in [0.2, 0.25) is 0 Å². The molecule has 0 aromatic carbocycles. The van der Waals surface area contributed by atoms with E-state index >= 15 is 0 Å². The molecule has 1 unspecified atom stereocenters. The van der Waals surface area contributed by atoms with Gasteiger partial charge in [-0.3, -0.25) is 9.78 Å². The average molecular weight is 334 g/mol. The molecule has 7 nitrogen and oxygen atoms in total. The molecule has 2 N–H and O–H groups in total. The Hall–Kier alpha value is -1.73. The summed E-state index contributed by atoms with van der Waals surface area (Å²) in [5.41, 5.74) is -0.111. The zero-order valence-corrected chi connectivity index (χ0v) is 14.2. The van der Waals surface area contributed by atoms with Crippen molar-refractivity contribution < 1.29 is 14.6 Å². The number of nitrogens with zero attached hydrogens (tertiary/aromatic N) is 3. The standard InChI is InChI=1S/C17H26N4O3/c1-18-16-15(19-7-8-20-16)13-12-21(9-10-24-13)14(22)11-17(23)5-3-2-4-6-17/h7-8,13,23H,2-6,9-12H2,1H3,(H,18,20). The van der Waals surface area contributed by atoms with Crippen LogP contribution in [0.1, 0.15) is 50.3 Å². The molecule has 1 aromatic heterocycles. The molecule has 1 saturated carbocycles. The first-order valence-electron chi connectivity index (χ1n) is 8.72. The zero-order chi connectivity index (χ0) is 17.0. The van der Waals surface area contributed by atoms with Crippen molar-refractivity contribution in [3.63, 3.8) is 0 Å². The third-order valence-corrected chi connectivity index (χ3v) is 4.95. The predicted octanol–water partition coefficient (Wildman–Crippen LogP) is 1.50. The fourth-order valence-corrected chi connectivity index (χ4v) is 3.60. The summed E-state index contributed by atoms with van der Waals surface area (Å²) in [6.07, 6.45) is 7.77. The number of amides is 1. The van der Waals surface area contributed by atoms with Gasteiger partial charge in [-0.25, -0.2) is 4.98 Å². The molecular formula is C17H26N4O3. The third-order valence-electron chi connectivity index (χ3n) is 4.95. The molecule has 2 heterocycles. The Morgan fingerprint density at radius 3 is 2.88 bits per heavy atom. The summed E-state index contributed by atoms with van der Waals surface area (Å²) in [5, 5.41) is 13.6. The third kappa shape index (κ3) is 3.84. The van der Waals surface area contributed by atoms with Gasteiger partial charge >= 0.3 is 0 Å². The lowest BCUT2D eigenvalue weighted by atomic mass is 9.82. The van der Waals surface area contributed by atoms with Crippen molar-refractivity contribution in [1.82, 2.24) is 14.9 Å². The molecule has 1 atom stereocenters. The van der Waals surface area contributed by atoms with E-state index in [1.807, 2.05) is 0 Å². The highest BCUT2D eigenvalue weighted by Crippen LogP contribution is 2.32. The van der Waals surface area contributed by atoms with Gasteiger partial charge in [0.1, 0.15) is 17.6 Å². The Labute approximate surface area is 142 Å². The van der Waals surface area contributed by atoms with Gasteiger partial charge in [-0.05, 0) is 12.8 Å². The van der Waals surface area contributed by atoms with E-state index in [1.165, 1.54) is 0 Å². The molecule has 1 amide bonds. The quantitative estimate of drug-likeness (QED) is 0.868. The van der Waals surface area contributed by atoms with Crippen LogP contribution in [0.3, 0.4) is 0 Å². The molecule has 2 fully saturated rings. The number of rotatable bonds is 4. The topological polar surface area (TPSA) is 87.6 Å². The summed E-state index contributed by atoms with van der Waals surface area (Å²) in [6, 6.07) is 0. The van der Waals surface area contributed by atoms with Crippen LogP contribution in [0.5, 0.6) is 0 Å². The van der Waals surface area contributed by atoms with Crippen molar-refractivity contribution in [2.45, 2.75) is 50.2 Å². The second-order valence-corrected chi connectivity index (χ2v) is 6.70. The molecule has 1 aliphatic carbocycles. The van der Waals surface area contributed by atoms with E-state index in [0.717, 1.165) is 32.1 Å². The summed E-state index contributed by atoms with van der Waals surface area (Å²) in [7, 11) is 1.79. The van der Waals surface area contributed by atoms with E-state index in [4.69, 9.17) is 4.74 Å². The van der Waals surface area contributed by atoms with Gasteiger partial charge in [0.05, 0.1) is 25.2 Å². The van der Waals surface area contributed by atoms with Gasteiger partial charge in [0.2, 0.25) is 5.91 Å². The first kappa shape index (κ1) is 17.1. The van der Waals surface area contributed by atoms with Gasteiger partial charge in [0.25, 0.3) is 0 Å². The predicted molar refractivity (Wildman–Crippen MR) is 89.5 cm³/mol. The second-order valence-electron chi connectivity index (χ2n) is 6.70. The van der Waals surface area contributed by atoms with Crippen molar-refractivity contribution in [3.05, 3.63) is 18.1 Å². The number of hydrogen-bond acceptors (Lipinski definition) is 6. The molecule has 24 heavy (non-hydrogen) atoms. The molecule has 1 aromatic rings. The molecule has 3 rings (SSSR count). The monoisotopic (exact) mass is 334 g/mol. The summed E-state index contributed by atoms with van der Waals surface area (Å²) in [6.45, 7) is 1.47. The number of morpholine rings is 1. The first-order valence-corrected chi connectivity index (χ1v) is 8.72. The van der Waals surface area contributed by atoms with Crippen LogP contribution in [0, 0.1) is 0 Å². The minimum absolute atomic E-state index is 0.00241. The maximum atomic E-state index is 12.7. The number of aliphatic hydroxyl groups is 1. The minimum atomic E-state index is -0.828. The van der Waals surface area contributed by atoms with Gasteiger partial charge in [-0.15, -0.1) is 0 Å². The zero-order valence-electron chi connectivity index (χ0n) is 14.2. The fraction of sp³-hybridized carbons (Fsp3) is 0.706. The SMILES string of the molecule is CNc1nccnc1C1CN(C(=O)CC2(O)CCCCC2)CCO1. The van der Waals surface area contributed by atoms with E-state index < -0.39 is 5.60 Å². The second kappa shape index (κ2) is 7.44. The highest BCUT2D eigenvalue weighted by molar-refractivity contribution is 5.77. The van der Waals surface area contributed by atoms with Crippen LogP contribution < -0.4 is 5.32 Å².